The van der Waals surface area contributed by atoms with Crippen molar-refractivity contribution in [2.24, 2.45) is 0 Å². The Kier molecular flexibility index (Phi) is 8.40. The van der Waals surface area contributed by atoms with Crippen LogP contribution in [0.4, 0.5) is 0 Å². The maximum atomic E-state index is 9.09. The SMILES string of the molecule is CCCCC(COC)NC[C@H](C)O. The third-order valence-electron chi connectivity index (χ3n) is 1.98. The quantitative estimate of drug-likeness (QED) is 0.602. The van der Waals surface area contributed by atoms with Crippen molar-refractivity contribution in [2.45, 2.75) is 45.3 Å². The van der Waals surface area contributed by atoms with Crippen molar-refractivity contribution < 1.29 is 9.84 Å². The van der Waals surface area contributed by atoms with Crippen molar-refractivity contribution in [3.05, 3.63) is 0 Å². The summed E-state index contributed by atoms with van der Waals surface area (Å²) in [5, 5.41) is 12.4. The lowest BCUT2D eigenvalue weighted by Crippen LogP contribution is -2.37. The number of ether oxygens (including phenoxy) is 1. The second-order valence-corrected chi connectivity index (χ2v) is 3.55. The van der Waals surface area contributed by atoms with Crippen molar-refractivity contribution >= 4 is 0 Å². The fourth-order valence-electron chi connectivity index (χ4n) is 1.23. The number of hydrogen-bond acceptors (Lipinski definition) is 3. The van der Waals surface area contributed by atoms with E-state index in [-0.39, 0.29) is 6.10 Å². The molecule has 0 aromatic heterocycles. The lowest BCUT2D eigenvalue weighted by molar-refractivity contribution is 0.141. The molecule has 0 heterocycles. The van der Waals surface area contributed by atoms with Crippen LogP contribution in [0.15, 0.2) is 0 Å². The molecule has 2 N–H and O–H groups in total. The van der Waals surface area contributed by atoms with Crippen LogP contribution in [0.1, 0.15) is 33.1 Å². The molecule has 13 heavy (non-hydrogen) atoms. The first-order chi connectivity index (χ1) is 6.20. The van der Waals surface area contributed by atoms with Crippen LogP contribution >= 0.6 is 0 Å². The summed E-state index contributed by atoms with van der Waals surface area (Å²) in [7, 11) is 1.71. The minimum Gasteiger partial charge on any atom is -0.392 e. The molecular formula is C10H23NO2. The smallest absolute Gasteiger partial charge is 0.0636 e. The summed E-state index contributed by atoms with van der Waals surface area (Å²) in [6, 6.07) is 0.388. The third-order valence-corrected chi connectivity index (χ3v) is 1.98. The molecule has 0 amide bonds. The number of aliphatic hydroxyl groups excluding tert-OH is 1. The minimum absolute atomic E-state index is 0.277. The van der Waals surface area contributed by atoms with Gasteiger partial charge >= 0.3 is 0 Å². The van der Waals surface area contributed by atoms with Crippen LogP contribution in [0, 0.1) is 0 Å². The van der Waals surface area contributed by atoms with Gasteiger partial charge in [0.2, 0.25) is 0 Å². The summed E-state index contributed by atoms with van der Waals surface area (Å²) in [4.78, 5) is 0. The van der Waals surface area contributed by atoms with Crippen LogP contribution in [0.3, 0.4) is 0 Å². The molecule has 0 saturated heterocycles. The lowest BCUT2D eigenvalue weighted by atomic mass is 10.1. The molecule has 80 valence electrons. The first-order valence-electron chi connectivity index (χ1n) is 5.11. The predicted octanol–water partition coefficient (Wildman–Crippen LogP) is 1.16. The van der Waals surface area contributed by atoms with Gasteiger partial charge in [-0.25, -0.2) is 0 Å². The molecule has 3 heteroatoms. The molecule has 1 unspecified atom stereocenters. The summed E-state index contributed by atoms with van der Waals surface area (Å²) in [5.74, 6) is 0. The Morgan fingerprint density at radius 3 is 2.62 bits per heavy atom. The second-order valence-electron chi connectivity index (χ2n) is 3.55. The minimum atomic E-state index is -0.277. The maximum Gasteiger partial charge on any atom is 0.0636 e. The van der Waals surface area contributed by atoms with E-state index < -0.39 is 0 Å². The van der Waals surface area contributed by atoms with Crippen molar-refractivity contribution in [1.82, 2.24) is 5.32 Å². The Morgan fingerprint density at radius 1 is 1.46 bits per heavy atom. The molecule has 0 aliphatic rings. The van der Waals surface area contributed by atoms with Gasteiger partial charge in [0.05, 0.1) is 12.7 Å². The molecule has 0 aliphatic carbocycles. The Morgan fingerprint density at radius 2 is 2.15 bits per heavy atom. The number of rotatable bonds is 8. The van der Waals surface area contributed by atoms with E-state index >= 15 is 0 Å². The normalized spacial score (nSPS) is 15.7. The molecule has 3 nitrogen and oxygen atoms in total. The number of hydrogen-bond donors (Lipinski definition) is 2. The van der Waals surface area contributed by atoms with Gasteiger partial charge in [0.25, 0.3) is 0 Å². The van der Waals surface area contributed by atoms with E-state index in [4.69, 9.17) is 9.84 Å². The number of nitrogens with one attached hydrogen (secondary N) is 1. The van der Waals surface area contributed by atoms with Crippen LogP contribution in [0.2, 0.25) is 0 Å². The zero-order chi connectivity index (χ0) is 10.1. The Balaban J connectivity index is 3.53. The van der Waals surface area contributed by atoms with Crippen molar-refractivity contribution in [1.29, 1.82) is 0 Å². The van der Waals surface area contributed by atoms with Gasteiger partial charge in [0.15, 0.2) is 0 Å². The monoisotopic (exact) mass is 189 g/mol. The zero-order valence-electron chi connectivity index (χ0n) is 9.05. The molecule has 2 atom stereocenters. The fraction of sp³-hybridized carbons (Fsp3) is 1.00. The highest BCUT2D eigenvalue weighted by Crippen LogP contribution is 2.00. The van der Waals surface area contributed by atoms with E-state index in [1.807, 2.05) is 0 Å². The Bertz CT molecular complexity index is 107. The van der Waals surface area contributed by atoms with Gasteiger partial charge < -0.3 is 15.2 Å². The summed E-state index contributed by atoms with van der Waals surface area (Å²) >= 11 is 0. The van der Waals surface area contributed by atoms with Crippen LogP contribution < -0.4 is 5.32 Å². The zero-order valence-corrected chi connectivity index (χ0v) is 9.05. The van der Waals surface area contributed by atoms with Crippen molar-refractivity contribution in [2.75, 3.05) is 20.3 Å². The van der Waals surface area contributed by atoms with Gasteiger partial charge in [0, 0.05) is 19.7 Å². The van der Waals surface area contributed by atoms with E-state index in [0.717, 1.165) is 13.0 Å². The van der Waals surface area contributed by atoms with Gasteiger partial charge in [-0.3, -0.25) is 0 Å². The first kappa shape index (κ1) is 12.9. The van der Waals surface area contributed by atoms with E-state index in [1.165, 1.54) is 12.8 Å². The largest absolute Gasteiger partial charge is 0.392 e. The summed E-state index contributed by atoms with van der Waals surface area (Å²) in [6.07, 6.45) is 3.26. The number of aliphatic hydroxyl groups is 1. The van der Waals surface area contributed by atoms with Gasteiger partial charge in [-0.15, -0.1) is 0 Å². The second kappa shape index (κ2) is 8.48. The molecule has 0 aliphatic heterocycles. The molecule has 0 bridgehead atoms. The Hall–Kier alpha value is -0.120. The van der Waals surface area contributed by atoms with E-state index in [9.17, 15) is 0 Å². The summed E-state index contributed by atoms with van der Waals surface area (Å²) in [5.41, 5.74) is 0. The molecule has 0 radical (unpaired) electrons. The highest BCUT2D eigenvalue weighted by Gasteiger charge is 2.07. The van der Waals surface area contributed by atoms with Crippen LogP contribution in [-0.4, -0.2) is 37.5 Å². The third kappa shape index (κ3) is 8.22. The van der Waals surface area contributed by atoms with E-state index in [0.29, 0.717) is 12.6 Å². The average Bonchev–Trinajstić information content (AvgIpc) is 2.09. The van der Waals surface area contributed by atoms with Crippen molar-refractivity contribution in [3.8, 4) is 0 Å². The maximum absolute atomic E-state index is 9.09. The highest BCUT2D eigenvalue weighted by atomic mass is 16.5. The van der Waals surface area contributed by atoms with E-state index in [1.54, 1.807) is 14.0 Å². The van der Waals surface area contributed by atoms with Crippen LogP contribution in [0.25, 0.3) is 0 Å². The fourth-order valence-corrected chi connectivity index (χ4v) is 1.23. The predicted molar refractivity (Wildman–Crippen MR) is 54.9 cm³/mol. The van der Waals surface area contributed by atoms with Gasteiger partial charge in [0.1, 0.15) is 0 Å². The number of unbranched alkanes of at least 4 members (excludes halogenated alkanes) is 1. The topological polar surface area (TPSA) is 41.5 Å². The standard InChI is InChI=1S/C10H23NO2/c1-4-5-6-10(8-13-3)11-7-9(2)12/h9-12H,4-8H2,1-3H3/t9-,10?/m0/s1. The van der Waals surface area contributed by atoms with Gasteiger partial charge in [-0.2, -0.15) is 0 Å². The molecule has 0 spiro atoms. The summed E-state index contributed by atoms with van der Waals surface area (Å²) in [6.45, 7) is 5.35. The first-order valence-corrected chi connectivity index (χ1v) is 5.11. The highest BCUT2D eigenvalue weighted by molar-refractivity contribution is 4.67. The number of methoxy groups -OCH3 is 1. The van der Waals surface area contributed by atoms with Crippen LogP contribution in [0.5, 0.6) is 0 Å². The summed E-state index contributed by atoms with van der Waals surface area (Å²) < 4.78 is 5.09. The molecule has 0 aromatic rings. The van der Waals surface area contributed by atoms with Crippen molar-refractivity contribution in [3.63, 3.8) is 0 Å². The van der Waals surface area contributed by atoms with Crippen LogP contribution in [-0.2, 0) is 4.74 Å². The molecule has 0 fully saturated rings. The van der Waals surface area contributed by atoms with Gasteiger partial charge in [-0.1, -0.05) is 19.8 Å². The molecule has 0 aromatic carbocycles. The van der Waals surface area contributed by atoms with E-state index in [2.05, 4.69) is 12.2 Å². The molecular weight excluding hydrogens is 166 g/mol. The lowest BCUT2D eigenvalue weighted by Gasteiger charge is -2.18. The molecule has 0 rings (SSSR count). The molecule has 0 saturated carbocycles. The van der Waals surface area contributed by atoms with Gasteiger partial charge in [-0.05, 0) is 13.3 Å². The Labute approximate surface area is 81.5 Å². The average molecular weight is 189 g/mol.